The van der Waals surface area contributed by atoms with Crippen LogP contribution >= 0.6 is 0 Å². The fourth-order valence-electron chi connectivity index (χ4n) is 1.62. The molecule has 0 aliphatic carbocycles. The van der Waals surface area contributed by atoms with Gasteiger partial charge in [0.05, 0.1) is 4.92 Å². The van der Waals surface area contributed by atoms with Gasteiger partial charge in [-0.1, -0.05) is 0 Å². The highest BCUT2D eigenvalue weighted by atomic mass is 16.6. The summed E-state index contributed by atoms with van der Waals surface area (Å²) in [4.78, 5) is 18.7. The van der Waals surface area contributed by atoms with Gasteiger partial charge < -0.3 is 5.32 Å². The SMILES string of the molecule is CNc1nc(C)c([N+](=O)[O-])c(-c2ccn(C)n2)n1. The molecule has 0 amide bonds. The van der Waals surface area contributed by atoms with Crippen molar-refractivity contribution >= 4 is 11.6 Å². The molecule has 0 saturated carbocycles. The number of nitrogens with zero attached hydrogens (tertiary/aromatic N) is 5. The van der Waals surface area contributed by atoms with Gasteiger partial charge in [-0.3, -0.25) is 14.8 Å². The number of nitro groups is 1. The minimum Gasteiger partial charge on any atom is -0.357 e. The van der Waals surface area contributed by atoms with E-state index in [0.717, 1.165) is 0 Å². The van der Waals surface area contributed by atoms with Crippen molar-refractivity contribution in [2.45, 2.75) is 6.92 Å². The van der Waals surface area contributed by atoms with E-state index in [4.69, 9.17) is 0 Å². The third-order valence-electron chi connectivity index (χ3n) is 2.42. The second-order valence-electron chi connectivity index (χ2n) is 3.71. The average Bonchev–Trinajstić information content (AvgIpc) is 2.74. The molecule has 0 unspecified atom stereocenters. The molecule has 0 fully saturated rings. The third kappa shape index (κ3) is 1.99. The number of hydrogen-bond acceptors (Lipinski definition) is 6. The number of rotatable bonds is 3. The Hall–Kier alpha value is -2.51. The summed E-state index contributed by atoms with van der Waals surface area (Å²) >= 11 is 0. The largest absolute Gasteiger partial charge is 0.357 e. The number of anilines is 1. The second kappa shape index (κ2) is 4.40. The molecule has 1 N–H and O–H groups in total. The predicted octanol–water partition coefficient (Wildman–Crippen LogP) is 1.14. The van der Waals surface area contributed by atoms with E-state index in [1.807, 2.05) is 0 Å². The summed E-state index contributed by atoms with van der Waals surface area (Å²) in [5, 5.41) is 18.0. The van der Waals surface area contributed by atoms with Crippen LogP contribution in [0.1, 0.15) is 5.69 Å². The molecule has 0 spiro atoms. The van der Waals surface area contributed by atoms with Crippen LogP contribution in [0, 0.1) is 17.0 Å². The van der Waals surface area contributed by atoms with Crippen LogP contribution in [0.4, 0.5) is 11.6 Å². The molecule has 8 heteroatoms. The molecular weight excluding hydrogens is 236 g/mol. The van der Waals surface area contributed by atoms with E-state index in [9.17, 15) is 10.1 Å². The molecule has 2 aromatic rings. The van der Waals surface area contributed by atoms with E-state index < -0.39 is 4.92 Å². The minimum atomic E-state index is -0.487. The zero-order valence-electron chi connectivity index (χ0n) is 10.2. The lowest BCUT2D eigenvalue weighted by Crippen LogP contribution is -2.05. The Morgan fingerprint density at radius 2 is 2.17 bits per heavy atom. The van der Waals surface area contributed by atoms with Crippen molar-refractivity contribution in [1.82, 2.24) is 19.7 Å². The normalized spacial score (nSPS) is 10.4. The molecule has 0 aliphatic heterocycles. The summed E-state index contributed by atoms with van der Waals surface area (Å²) in [5.41, 5.74) is 0.858. The average molecular weight is 248 g/mol. The summed E-state index contributed by atoms with van der Waals surface area (Å²) in [6, 6.07) is 1.67. The zero-order chi connectivity index (χ0) is 13.3. The van der Waals surface area contributed by atoms with E-state index >= 15 is 0 Å². The van der Waals surface area contributed by atoms with Crippen LogP contribution in [0.3, 0.4) is 0 Å². The van der Waals surface area contributed by atoms with Crippen LogP contribution in [0.2, 0.25) is 0 Å². The Morgan fingerprint density at radius 3 is 2.67 bits per heavy atom. The molecule has 2 heterocycles. The Balaban J connectivity index is 2.70. The van der Waals surface area contributed by atoms with Gasteiger partial charge in [0.1, 0.15) is 11.4 Å². The minimum absolute atomic E-state index is 0.118. The number of nitrogens with one attached hydrogen (secondary N) is 1. The Bertz CT molecular complexity index is 606. The van der Waals surface area contributed by atoms with Gasteiger partial charge in [0, 0.05) is 20.3 Å². The molecule has 94 valence electrons. The van der Waals surface area contributed by atoms with E-state index in [1.54, 1.807) is 38.0 Å². The lowest BCUT2D eigenvalue weighted by molar-refractivity contribution is -0.385. The summed E-state index contributed by atoms with van der Waals surface area (Å²) in [5.74, 6) is 0.332. The first kappa shape index (κ1) is 12.0. The number of aryl methyl sites for hydroxylation is 2. The molecule has 0 radical (unpaired) electrons. The summed E-state index contributed by atoms with van der Waals surface area (Å²) in [6.45, 7) is 1.58. The lowest BCUT2D eigenvalue weighted by atomic mass is 10.2. The first-order valence-corrected chi connectivity index (χ1v) is 5.23. The Morgan fingerprint density at radius 1 is 1.44 bits per heavy atom. The second-order valence-corrected chi connectivity index (χ2v) is 3.71. The maximum Gasteiger partial charge on any atom is 0.318 e. The van der Waals surface area contributed by atoms with Crippen molar-refractivity contribution in [2.75, 3.05) is 12.4 Å². The van der Waals surface area contributed by atoms with Gasteiger partial charge in [0.15, 0.2) is 5.69 Å². The highest BCUT2D eigenvalue weighted by Gasteiger charge is 2.24. The molecule has 0 aromatic carbocycles. The fraction of sp³-hybridized carbons (Fsp3) is 0.300. The van der Waals surface area contributed by atoms with Crippen molar-refractivity contribution in [3.8, 4) is 11.4 Å². The first-order valence-electron chi connectivity index (χ1n) is 5.23. The molecule has 2 aromatic heterocycles. The first-order chi connectivity index (χ1) is 8.52. The maximum atomic E-state index is 11.1. The van der Waals surface area contributed by atoms with E-state index in [1.165, 1.54) is 0 Å². The lowest BCUT2D eigenvalue weighted by Gasteiger charge is -2.05. The number of hydrogen-bond donors (Lipinski definition) is 1. The van der Waals surface area contributed by atoms with Crippen molar-refractivity contribution < 1.29 is 4.92 Å². The quantitative estimate of drug-likeness (QED) is 0.645. The predicted molar refractivity (Wildman–Crippen MR) is 65.2 cm³/mol. The maximum absolute atomic E-state index is 11.1. The molecule has 2 rings (SSSR count). The van der Waals surface area contributed by atoms with E-state index in [-0.39, 0.29) is 11.4 Å². The van der Waals surface area contributed by atoms with Crippen molar-refractivity contribution in [2.24, 2.45) is 7.05 Å². The molecule has 0 atom stereocenters. The van der Waals surface area contributed by atoms with Crippen LogP contribution in [0.25, 0.3) is 11.4 Å². The van der Waals surface area contributed by atoms with Gasteiger partial charge >= 0.3 is 5.69 Å². The molecular formula is C10H12N6O2. The number of aromatic nitrogens is 4. The van der Waals surface area contributed by atoms with Crippen LogP contribution in [-0.2, 0) is 7.05 Å². The van der Waals surface area contributed by atoms with Gasteiger partial charge in [-0.2, -0.15) is 5.10 Å². The van der Waals surface area contributed by atoms with Crippen molar-refractivity contribution in [1.29, 1.82) is 0 Å². The zero-order valence-corrected chi connectivity index (χ0v) is 10.2. The summed E-state index contributed by atoms with van der Waals surface area (Å²) < 4.78 is 1.57. The van der Waals surface area contributed by atoms with Gasteiger partial charge in [0.2, 0.25) is 5.95 Å². The van der Waals surface area contributed by atoms with Gasteiger partial charge in [-0.25, -0.2) is 9.97 Å². The van der Waals surface area contributed by atoms with Crippen molar-refractivity contribution in [3.63, 3.8) is 0 Å². The Labute approximate surface area is 103 Å². The van der Waals surface area contributed by atoms with Crippen LogP contribution in [-0.4, -0.2) is 31.7 Å². The molecule has 0 aliphatic rings. The molecule has 8 nitrogen and oxygen atoms in total. The van der Waals surface area contributed by atoms with Crippen molar-refractivity contribution in [3.05, 3.63) is 28.1 Å². The van der Waals surface area contributed by atoms with Gasteiger partial charge in [-0.05, 0) is 13.0 Å². The molecule has 0 saturated heterocycles. The van der Waals surface area contributed by atoms with E-state index in [0.29, 0.717) is 17.3 Å². The van der Waals surface area contributed by atoms with Gasteiger partial charge in [-0.15, -0.1) is 0 Å². The van der Waals surface area contributed by atoms with Crippen LogP contribution in [0.5, 0.6) is 0 Å². The van der Waals surface area contributed by atoms with Crippen LogP contribution < -0.4 is 5.32 Å². The Kier molecular flexibility index (Phi) is 2.92. The standard InChI is InChI=1S/C10H12N6O2/c1-6-9(16(17)18)8(13-10(11-2)12-6)7-4-5-15(3)14-7/h4-5H,1-3H3,(H,11,12,13). The fourth-order valence-corrected chi connectivity index (χ4v) is 1.62. The molecule has 18 heavy (non-hydrogen) atoms. The van der Waals surface area contributed by atoms with Gasteiger partial charge in [0.25, 0.3) is 0 Å². The monoisotopic (exact) mass is 248 g/mol. The smallest absolute Gasteiger partial charge is 0.318 e. The highest BCUT2D eigenvalue weighted by molar-refractivity contribution is 5.68. The molecule has 0 bridgehead atoms. The highest BCUT2D eigenvalue weighted by Crippen LogP contribution is 2.29. The van der Waals surface area contributed by atoms with Crippen LogP contribution in [0.15, 0.2) is 12.3 Å². The summed E-state index contributed by atoms with van der Waals surface area (Å²) in [6.07, 6.45) is 1.70. The topological polar surface area (TPSA) is 98.8 Å². The third-order valence-corrected chi connectivity index (χ3v) is 2.42. The summed E-state index contributed by atoms with van der Waals surface area (Å²) in [7, 11) is 3.39. The van der Waals surface area contributed by atoms with E-state index in [2.05, 4.69) is 20.4 Å².